The molecule has 1 aliphatic rings. The number of aryl methyl sites for hydroxylation is 1. The van der Waals surface area contributed by atoms with Crippen LogP contribution in [0.3, 0.4) is 0 Å². The molecule has 0 aromatic heterocycles. The number of nitrogens with zero attached hydrogens (tertiary/aromatic N) is 1. The lowest BCUT2D eigenvalue weighted by Crippen LogP contribution is -2.34. The lowest BCUT2D eigenvalue weighted by molar-refractivity contribution is 0.0470. The highest BCUT2D eigenvalue weighted by atomic mass is 35.5. The molecule has 0 unspecified atom stereocenters. The molecule has 0 N–H and O–H groups in total. The third-order valence-corrected chi connectivity index (χ3v) is 5.78. The van der Waals surface area contributed by atoms with Gasteiger partial charge in [-0.1, -0.05) is 11.6 Å². The van der Waals surface area contributed by atoms with E-state index in [-0.39, 0.29) is 10.6 Å². The largest absolute Gasteiger partial charge is 0.454 e. The van der Waals surface area contributed by atoms with Crippen LogP contribution in [-0.4, -0.2) is 39.6 Å². The minimum atomic E-state index is -3.40. The van der Waals surface area contributed by atoms with E-state index in [0.29, 0.717) is 30.6 Å². The van der Waals surface area contributed by atoms with Gasteiger partial charge >= 0.3 is 5.97 Å². The quantitative estimate of drug-likeness (QED) is 0.542. The molecule has 2 aromatic rings. The molecule has 0 amide bonds. The number of ether oxygens (including phenoxy) is 1. The predicted molar refractivity (Wildman–Crippen MR) is 103 cm³/mol. The van der Waals surface area contributed by atoms with E-state index in [2.05, 4.69) is 0 Å². The maximum atomic E-state index is 13.7. The number of fused-ring (bicyclic) bond motifs is 1. The van der Waals surface area contributed by atoms with Crippen LogP contribution in [0.2, 0.25) is 5.02 Å². The van der Waals surface area contributed by atoms with Crippen molar-refractivity contribution in [2.75, 3.05) is 23.7 Å². The lowest BCUT2D eigenvalue weighted by atomic mass is 9.99. The molecule has 148 valence electrons. The number of esters is 1. The first kappa shape index (κ1) is 20.3. The Bertz CT molecular complexity index is 1050. The summed E-state index contributed by atoms with van der Waals surface area (Å²) in [5.41, 5.74) is 1.26. The molecule has 2 aromatic carbocycles. The number of anilines is 1. The number of carbonyl (C=O) groups excluding carboxylic acids is 2. The standard InChI is InChI=1S/C19H17ClFNO5S/c1-28(25,26)22-8-2-3-12-9-13(4-7-17(12)22)18(23)11-27-19(24)15-6-5-14(20)10-16(15)21/h4-7,9-10H,2-3,8,11H2,1H3. The van der Waals surface area contributed by atoms with E-state index in [1.54, 1.807) is 12.1 Å². The average molecular weight is 426 g/mol. The SMILES string of the molecule is CS(=O)(=O)N1CCCc2cc(C(=O)COC(=O)c3ccc(Cl)cc3F)ccc21. The summed E-state index contributed by atoms with van der Waals surface area (Å²) in [7, 11) is -3.40. The van der Waals surface area contributed by atoms with Gasteiger partial charge in [0.1, 0.15) is 5.82 Å². The molecular weight excluding hydrogens is 409 g/mol. The second kappa shape index (κ2) is 7.89. The Morgan fingerprint density at radius 2 is 1.96 bits per heavy atom. The highest BCUT2D eigenvalue weighted by Gasteiger charge is 2.25. The van der Waals surface area contributed by atoms with Gasteiger partial charge in [0, 0.05) is 17.1 Å². The third-order valence-electron chi connectivity index (χ3n) is 4.36. The number of hydrogen-bond acceptors (Lipinski definition) is 5. The van der Waals surface area contributed by atoms with Gasteiger partial charge in [0.25, 0.3) is 0 Å². The number of Topliss-reactive ketones (excluding diaryl/α,β-unsaturated/α-hetero) is 1. The summed E-state index contributed by atoms with van der Waals surface area (Å²) in [6.45, 7) is -0.168. The molecule has 0 fully saturated rings. The first-order valence-corrected chi connectivity index (χ1v) is 10.7. The molecular formula is C19H17ClFNO5S. The molecule has 3 rings (SSSR count). The van der Waals surface area contributed by atoms with E-state index < -0.39 is 34.2 Å². The number of rotatable bonds is 5. The van der Waals surface area contributed by atoms with E-state index >= 15 is 0 Å². The van der Waals surface area contributed by atoms with Gasteiger partial charge in [-0.15, -0.1) is 0 Å². The topological polar surface area (TPSA) is 80.8 Å². The Labute approximate surface area is 166 Å². The van der Waals surface area contributed by atoms with Gasteiger partial charge in [-0.3, -0.25) is 9.10 Å². The summed E-state index contributed by atoms with van der Waals surface area (Å²) in [4.78, 5) is 24.3. The molecule has 1 aliphatic heterocycles. The van der Waals surface area contributed by atoms with Crippen molar-refractivity contribution in [1.82, 2.24) is 0 Å². The van der Waals surface area contributed by atoms with Gasteiger partial charge in [-0.05, 0) is 54.8 Å². The van der Waals surface area contributed by atoms with Gasteiger partial charge in [-0.25, -0.2) is 17.6 Å². The molecule has 0 saturated carbocycles. The van der Waals surface area contributed by atoms with Crippen molar-refractivity contribution >= 4 is 39.1 Å². The van der Waals surface area contributed by atoms with Crippen molar-refractivity contribution in [3.8, 4) is 0 Å². The summed E-state index contributed by atoms with van der Waals surface area (Å²) in [6.07, 6.45) is 2.41. The molecule has 1 heterocycles. The molecule has 0 atom stereocenters. The Morgan fingerprint density at radius 1 is 1.21 bits per heavy atom. The minimum Gasteiger partial charge on any atom is -0.454 e. The summed E-state index contributed by atoms with van der Waals surface area (Å²) in [6, 6.07) is 8.18. The van der Waals surface area contributed by atoms with E-state index in [9.17, 15) is 22.4 Å². The Hall–Kier alpha value is -2.45. The average Bonchev–Trinajstić information content (AvgIpc) is 2.64. The van der Waals surface area contributed by atoms with E-state index in [4.69, 9.17) is 16.3 Å². The maximum absolute atomic E-state index is 13.7. The van der Waals surface area contributed by atoms with E-state index in [1.165, 1.54) is 22.5 Å². The Balaban J connectivity index is 1.72. The molecule has 0 aliphatic carbocycles. The van der Waals surface area contributed by atoms with Crippen molar-refractivity contribution in [3.05, 3.63) is 63.9 Å². The Morgan fingerprint density at radius 3 is 2.64 bits per heavy atom. The van der Waals surface area contributed by atoms with Crippen LogP contribution in [0.1, 0.15) is 32.7 Å². The van der Waals surface area contributed by atoms with Crippen LogP contribution in [0.4, 0.5) is 10.1 Å². The molecule has 6 nitrogen and oxygen atoms in total. The smallest absolute Gasteiger partial charge is 0.341 e. The molecule has 28 heavy (non-hydrogen) atoms. The number of benzene rings is 2. The van der Waals surface area contributed by atoms with Crippen LogP contribution in [0, 0.1) is 5.82 Å². The number of ketones is 1. The van der Waals surface area contributed by atoms with Gasteiger partial charge in [-0.2, -0.15) is 0 Å². The molecule has 9 heteroatoms. The molecule has 0 radical (unpaired) electrons. The fourth-order valence-electron chi connectivity index (χ4n) is 3.03. The van der Waals surface area contributed by atoms with Gasteiger partial charge in [0.2, 0.25) is 10.0 Å². The van der Waals surface area contributed by atoms with E-state index in [0.717, 1.165) is 17.9 Å². The van der Waals surface area contributed by atoms with Crippen LogP contribution in [0.25, 0.3) is 0 Å². The molecule has 0 saturated heterocycles. The first-order chi connectivity index (χ1) is 13.2. The van der Waals surface area contributed by atoms with Crippen LogP contribution in [-0.2, 0) is 21.2 Å². The second-order valence-electron chi connectivity index (χ2n) is 6.41. The fourth-order valence-corrected chi connectivity index (χ4v) is 4.18. The number of halogens is 2. The summed E-state index contributed by atoms with van der Waals surface area (Å²) < 4.78 is 43.7. The highest BCUT2D eigenvalue weighted by Crippen LogP contribution is 2.30. The van der Waals surface area contributed by atoms with Gasteiger partial charge < -0.3 is 4.74 Å². The van der Waals surface area contributed by atoms with Crippen LogP contribution < -0.4 is 4.31 Å². The minimum absolute atomic E-state index is 0.141. The van der Waals surface area contributed by atoms with Crippen molar-refractivity contribution in [2.45, 2.75) is 12.8 Å². The van der Waals surface area contributed by atoms with E-state index in [1.807, 2.05) is 0 Å². The summed E-state index contributed by atoms with van der Waals surface area (Å²) in [5.74, 6) is -2.27. The molecule has 0 spiro atoms. The first-order valence-electron chi connectivity index (χ1n) is 8.43. The van der Waals surface area contributed by atoms with Crippen LogP contribution in [0.5, 0.6) is 0 Å². The predicted octanol–water partition coefficient (Wildman–Crippen LogP) is 3.23. The van der Waals surface area contributed by atoms with Crippen molar-refractivity contribution in [1.29, 1.82) is 0 Å². The zero-order valence-corrected chi connectivity index (χ0v) is 16.5. The van der Waals surface area contributed by atoms with Crippen LogP contribution in [0.15, 0.2) is 36.4 Å². The van der Waals surface area contributed by atoms with Crippen LogP contribution >= 0.6 is 11.6 Å². The zero-order valence-electron chi connectivity index (χ0n) is 14.9. The monoisotopic (exact) mass is 425 g/mol. The van der Waals surface area contributed by atoms with Crippen molar-refractivity contribution in [3.63, 3.8) is 0 Å². The third kappa shape index (κ3) is 4.34. The highest BCUT2D eigenvalue weighted by molar-refractivity contribution is 7.92. The van der Waals surface area contributed by atoms with Crippen molar-refractivity contribution in [2.24, 2.45) is 0 Å². The molecule has 0 bridgehead atoms. The number of sulfonamides is 1. The normalized spacial score (nSPS) is 13.8. The summed E-state index contributed by atoms with van der Waals surface area (Å²) in [5, 5.41) is 0.141. The maximum Gasteiger partial charge on any atom is 0.341 e. The van der Waals surface area contributed by atoms with Gasteiger partial charge in [0.15, 0.2) is 12.4 Å². The Kier molecular flexibility index (Phi) is 5.71. The van der Waals surface area contributed by atoms with Gasteiger partial charge in [0.05, 0.1) is 17.5 Å². The number of carbonyl (C=O) groups is 2. The fraction of sp³-hybridized carbons (Fsp3) is 0.263. The number of hydrogen-bond donors (Lipinski definition) is 0. The summed E-state index contributed by atoms with van der Waals surface area (Å²) >= 11 is 5.64. The van der Waals surface area contributed by atoms with Crippen molar-refractivity contribution < 1.29 is 27.1 Å². The zero-order chi connectivity index (χ0) is 20.5. The second-order valence-corrected chi connectivity index (χ2v) is 8.75. The lowest BCUT2D eigenvalue weighted by Gasteiger charge is -2.29.